The van der Waals surface area contributed by atoms with Gasteiger partial charge >= 0.3 is 0 Å². The zero-order valence-electron chi connectivity index (χ0n) is 8.70. The third kappa shape index (κ3) is 0.882. The maximum atomic E-state index is 3.96. The maximum absolute atomic E-state index is 3.96. The van der Waals surface area contributed by atoms with Gasteiger partial charge in [-0.25, -0.2) is 4.90 Å². The molecule has 0 saturated carbocycles. The molecule has 3 rings (SSSR count). The second-order valence-corrected chi connectivity index (χ2v) is 4.08. The van der Waals surface area contributed by atoms with Crippen LogP contribution in [0, 0.1) is 0 Å². The van der Waals surface area contributed by atoms with Gasteiger partial charge in [-0.1, -0.05) is 12.7 Å². The van der Waals surface area contributed by atoms with Crippen molar-refractivity contribution >= 4 is 0 Å². The van der Waals surface area contributed by atoms with Gasteiger partial charge in [-0.15, -0.1) is 0 Å². The Kier molecular flexibility index (Phi) is 1.51. The minimum atomic E-state index is -0.119. The van der Waals surface area contributed by atoms with Crippen LogP contribution in [0.25, 0.3) is 0 Å². The van der Waals surface area contributed by atoms with Gasteiger partial charge in [0.05, 0.1) is 0 Å². The Balaban J connectivity index is 2.18. The molecule has 0 fully saturated rings. The van der Waals surface area contributed by atoms with Crippen molar-refractivity contribution < 1.29 is 4.90 Å². The number of quaternary nitrogens is 1. The predicted octanol–water partition coefficient (Wildman–Crippen LogP) is 0.416. The highest BCUT2D eigenvalue weighted by molar-refractivity contribution is 5.34. The summed E-state index contributed by atoms with van der Waals surface area (Å²) < 4.78 is 0. The van der Waals surface area contributed by atoms with Crippen LogP contribution in [0.3, 0.4) is 0 Å². The lowest BCUT2D eigenvalue weighted by molar-refractivity contribution is -0.855. The summed E-state index contributed by atoms with van der Waals surface area (Å²) in [5.41, 5.74) is 1.15. The molecule has 3 aliphatic rings. The summed E-state index contributed by atoms with van der Waals surface area (Å²) in [5, 5.41) is 3.28. The molecule has 15 heavy (non-hydrogen) atoms. The topological polar surface area (TPSA) is 19.7 Å². The summed E-state index contributed by atoms with van der Waals surface area (Å²) >= 11 is 0. The molecule has 0 radical (unpaired) electrons. The van der Waals surface area contributed by atoms with Crippen molar-refractivity contribution in [2.45, 2.75) is 12.6 Å². The van der Waals surface area contributed by atoms with E-state index in [9.17, 15) is 0 Å². The quantitative estimate of drug-likeness (QED) is 0.598. The van der Waals surface area contributed by atoms with E-state index >= 15 is 0 Å². The van der Waals surface area contributed by atoms with Crippen LogP contribution in [-0.2, 0) is 0 Å². The van der Waals surface area contributed by atoms with E-state index in [4.69, 9.17) is 0 Å². The molecule has 0 saturated heterocycles. The minimum absolute atomic E-state index is 0.119. The first-order valence-electron chi connectivity index (χ1n) is 5.10. The van der Waals surface area contributed by atoms with Gasteiger partial charge in [0.25, 0.3) is 0 Å². The Morgan fingerprint density at radius 1 is 1.53 bits per heavy atom. The van der Waals surface area contributed by atoms with E-state index in [2.05, 4.69) is 54.3 Å². The summed E-state index contributed by atoms with van der Waals surface area (Å²) in [6.07, 6.45) is 14.5. The van der Waals surface area contributed by atoms with Gasteiger partial charge in [0, 0.05) is 25.4 Å². The zero-order valence-corrected chi connectivity index (χ0v) is 8.70. The van der Waals surface area contributed by atoms with E-state index in [1.54, 1.807) is 0 Å². The first-order chi connectivity index (χ1) is 7.27. The molecule has 0 spiro atoms. The number of rotatable bonds is 1. The molecule has 76 valence electrons. The van der Waals surface area contributed by atoms with E-state index in [0.29, 0.717) is 0 Å². The Morgan fingerprint density at radius 3 is 3.20 bits per heavy atom. The molecular formula is C12H14N3+. The Bertz CT molecular complexity index is 442. The van der Waals surface area contributed by atoms with E-state index < -0.39 is 0 Å². The molecule has 0 aromatic carbocycles. The maximum Gasteiger partial charge on any atom is 0.203 e. The lowest BCUT2D eigenvalue weighted by atomic mass is 10.1. The second-order valence-electron chi connectivity index (χ2n) is 4.08. The Labute approximate surface area is 89.4 Å². The van der Waals surface area contributed by atoms with Crippen molar-refractivity contribution in [3.8, 4) is 0 Å². The van der Waals surface area contributed by atoms with E-state index in [0.717, 1.165) is 5.82 Å². The van der Waals surface area contributed by atoms with Gasteiger partial charge in [-0.05, 0) is 12.2 Å². The van der Waals surface area contributed by atoms with Gasteiger partial charge in [0.15, 0.2) is 11.5 Å². The van der Waals surface area contributed by atoms with Gasteiger partial charge < -0.3 is 5.32 Å². The smallest absolute Gasteiger partial charge is 0.203 e. The van der Waals surface area contributed by atoms with E-state index in [1.165, 1.54) is 10.6 Å². The number of allylic oxidation sites excluding steroid dienone is 3. The fourth-order valence-electron chi connectivity index (χ4n) is 2.40. The molecule has 2 atom stereocenters. The van der Waals surface area contributed by atoms with Crippen LogP contribution in [0.5, 0.6) is 0 Å². The van der Waals surface area contributed by atoms with Crippen molar-refractivity contribution in [3.05, 3.63) is 61.0 Å². The monoisotopic (exact) mass is 200 g/mol. The van der Waals surface area contributed by atoms with Crippen LogP contribution in [0.2, 0.25) is 0 Å². The summed E-state index contributed by atoms with van der Waals surface area (Å²) in [4.78, 5) is 3.54. The first kappa shape index (κ1) is 8.56. The van der Waals surface area contributed by atoms with Gasteiger partial charge in [0.1, 0.15) is 6.20 Å². The van der Waals surface area contributed by atoms with Crippen LogP contribution in [0.15, 0.2) is 61.0 Å². The van der Waals surface area contributed by atoms with Gasteiger partial charge in [-0.3, -0.25) is 4.90 Å². The SMILES string of the molecule is C=CC1(C)N2C=CNC2=C2C=CC=C[NH+]21. The van der Waals surface area contributed by atoms with Crippen LogP contribution in [0.4, 0.5) is 0 Å². The molecule has 3 heteroatoms. The predicted molar refractivity (Wildman–Crippen MR) is 59.0 cm³/mol. The molecular weight excluding hydrogens is 186 g/mol. The molecule has 3 heterocycles. The fourth-order valence-corrected chi connectivity index (χ4v) is 2.40. The van der Waals surface area contributed by atoms with Crippen molar-refractivity contribution in [2.75, 3.05) is 0 Å². The molecule has 0 aromatic heterocycles. The lowest BCUT2D eigenvalue weighted by Crippen LogP contribution is -3.13. The molecule has 0 amide bonds. The number of nitrogens with zero attached hydrogens (tertiary/aromatic N) is 1. The highest BCUT2D eigenvalue weighted by Crippen LogP contribution is 2.28. The van der Waals surface area contributed by atoms with Gasteiger partial charge in [0.2, 0.25) is 5.66 Å². The number of fused-ring (bicyclic) bond motifs is 2. The fraction of sp³-hybridized carbons (Fsp3) is 0.167. The molecule has 0 aliphatic carbocycles. The largest absolute Gasteiger partial charge is 0.341 e. The Morgan fingerprint density at radius 2 is 2.40 bits per heavy atom. The average Bonchev–Trinajstić information content (AvgIpc) is 2.83. The van der Waals surface area contributed by atoms with Gasteiger partial charge in [-0.2, -0.15) is 0 Å². The van der Waals surface area contributed by atoms with Crippen molar-refractivity contribution in [1.82, 2.24) is 10.2 Å². The van der Waals surface area contributed by atoms with Crippen LogP contribution < -0.4 is 10.2 Å². The van der Waals surface area contributed by atoms with Crippen molar-refractivity contribution in [2.24, 2.45) is 0 Å². The first-order valence-corrected chi connectivity index (χ1v) is 5.10. The lowest BCUT2D eigenvalue weighted by Gasteiger charge is -2.32. The van der Waals surface area contributed by atoms with E-state index in [-0.39, 0.29) is 5.66 Å². The molecule has 0 aromatic rings. The number of nitrogens with one attached hydrogen (secondary N) is 2. The highest BCUT2D eigenvalue weighted by Gasteiger charge is 2.50. The third-order valence-electron chi connectivity index (χ3n) is 3.31. The summed E-state index contributed by atoms with van der Waals surface area (Å²) in [6.45, 7) is 6.14. The van der Waals surface area contributed by atoms with Crippen LogP contribution >= 0.6 is 0 Å². The average molecular weight is 200 g/mol. The van der Waals surface area contributed by atoms with Crippen LogP contribution in [-0.4, -0.2) is 10.6 Å². The molecule has 0 bridgehead atoms. The molecule has 3 nitrogen and oxygen atoms in total. The molecule has 2 N–H and O–H groups in total. The highest BCUT2D eigenvalue weighted by atomic mass is 15.5. The summed E-state index contributed by atoms with van der Waals surface area (Å²) in [7, 11) is 0. The normalized spacial score (nSPS) is 35.5. The number of hydrogen-bond acceptors (Lipinski definition) is 2. The van der Waals surface area contributed by atoms with E-state index in [1.807, 2.05) is 12.3 Å². The standard InChI is InChI=1S/C12H13N3/c1-3-12(2)14-8-5-4-6-10(14)11-13-7-9-15(11)12/h3-9,13H,1H2,2H3/p+1. The zero-order chi connectivity index (χ0) is 10.5. The molecule has 2 unspecified atom stereocenters. The summed E-state index contributed by atoms with van der Waals surface area (Å²) in [6, 6.07) is 0. The number of hydrogen-bond donors (Lipinski definition) is 2. The summed E-state index contributed by atoms with van der Waals surface area (Å²) in [5.74, 6) is 1.16. The van der Waals surface area contributed by atoms with Crippen LogP contribution in [0.1, 0.15) is 6.92 Å². The van der Waals surface area contributed by atoms with Crippen molar-refractivity contribution in [1.29, 1.82) is 0 Å². The molecule has 3 aliphatic heterocycles. The Hall–Kier alpha value is -1.74. The third-order valence-corrected chi connectivity index (χ3v) is 3.31. The second kappa shape index (κ2) is 2.64. The minimum Gasteiger partial charge on any atom is -0.341 e. The van der Waals surface area contributed by atoms with Crippen molar-refractivity contribution in [3.63, 3.8) is 0 Å².